The van der Waals surface area contributed by atoms with Gasteiger partial charge in [0.1, 0.15) is 0 Å². The van der Waals surface area contributed by atoms with Crippen LogP contribution in [0.25, 0.3) is 0 Å². The lowest BCUT2D eigenvalue weighted by molar-refractivity contribution is -0.385. The second-order valence-electron chi connectivity index (χ2n) is 3.96. The summed E-state index contributed by atoms with van der Waals surface area (Å²) in [6, 6.07) is 6.71. The molecule has 0 radical (unpaired) electrons. The molecule has 0 unspecified atom stereocenters. The highest BCUT2D eigenvalue weighted by Crippen LogP contribution is 2.18. The minimum atomic E-state index is -0.368. The Morgan fingerprint density at radius 3 is 2.94 bits per heavy atom. The summed E-state index contributed by atoms with van der Waals surface area (Å²) in [5, 5.41) is 18.1. The first-order valence-corrected chi connectivity index (χ1v) is 5.59. The van der Waals surface area contributed by atoms with Gasteiger partial charge in [-0.2, -0.15) is 5.10 Å². The molecule has 0 saturated carbocycles. The van der Waals surface area contributed by atoms with Crippen LogP contribution in [0.1, 0.15) is 11.1 Å². The molecule has 0 atom stereocenters. The fourth-order valence-electron chi connectivity index (χ4n) is 1.79. The van der Waals surface area contributed by atoms with E-state index in [2.05, 4.69) is 10.4 Å². The van der Waals surface area contributed by atoms with Crippen molar-refractivity contribution in [1.82, 2.24) is 15.1 Å². The molecule has 2 aromatic rings. The van der Waals surface area contributed by atoms with Gasteiger partial charge in [0.15, 0.2) is 0 Å². The van der Waals surface area contributed by atoms with Crippen LogP contribution in [0.15, 0.2) is 36.7 Å². The van der Waals surface area contributed by atoms with Gasteiger partial charge < -0.3 is 5.32 Å². The largest absolute Gasteiger partial charge is 0.316 e. The third kappa shape index (κ3) is 2.72. The number of nitrogens with one attached hydrogen (secondary N) is 1. The van der Waals surface area contributed by atoms with E-state index in [1.807, 2.05) is 13.2 Å². The van der Waals surface area contributed by atoms with Crippen LogP contribution in [0, 0.1) is 10.1 Å². The minimum absolute atomic E-state index is 0.128. The predicted molar refractivity (Wildman–Crippen MR) is 67.2 cm³/mol. The fraction of sp³-hybridized carbons (Fsp3) is 0.250. The number of nitrogens with zero attached hydrogens (tertiary/aromatic N) is 3. The summed E-state index contributed by atoms with van der Waals surface area (Å²) >= 11 is 0. The van der Waals surface area contributed by atoms with Gasteiger partial charge in [-0.25, -0.2) is 0 Å². The molecule has 6 heteroatoms. The van der Waals surface area contributed by atoms with Gasteiger partial charge in [-0.15, -0.1) is 0 Å². The van der Waals surface area contributed by atoms with Gasteiger partial charge in [0.25, 0.3) is 5.69 Å². The zero-order valence-electron chi connectivity index (χ0n) is 10.0. The maximum atomic E-state index is 10.9. The van der Waals surface area contributed by atoms with Crippen molar-refractivity contribution >= 4 is 5.69 Å². The molecule has 94 valence electrons. The molecule has 0 bridgehead atoms. The number of hydrogen-bond acceptors (Lipinski definition) is 4. The molecule has 0 saturated heterocycles. The van der Waals surface area contributed by atoms with Gasteiger partial charge in [0.2, 0.25) is 0 Å². The molecule has 1 heterocycles. The normalized spacial score (nSPS) is 10.5. The summed E-state index contributed by atoms with van der Waals surface area (Å²) in [7, 11) is 1.86. The fourth-order valence-corrected chi connectivity index (χ4v) is 1.79. The number of nitro groups is 1. The minimum Gasteiger partial charge on any atom is -0.316 e. The number of hydrogen-bond donors (Lipinski definition) is 1. The standard InChI is InChI=1S/C12H14N4O2/c1-13-6-10-7-14-15(8-10)9-11-4-2-3-5-12(11)16(17)18/h2-5,7-8,13H,6,9H2,1H3. The summed E-state index contributed by atoms with van der Waals surface area (Å²) in [6.45, 7) is 1.14. The second-order valence-corrected chi connectivity index (χ2v) is 3.96. The first-order valence-electron chi connectivity index (χ1n) is 5.59. The van der Waals surface area contributed by atoms with Crippen LogP contribution in [-0.2, 0) is 13.1 Å². The van der Waals surface area contributed by atoms with Gasteiger partial charge in [-0.3, -0.25) is 14.8 Å². The lowest BCUT2D eigenvalue weighted by Gasteiger charge is -2.02. The van der Waals surface area contributed by atoms with Crippen LogP contribution in [0.4, 0.5) is 5.69 Å². The molecule has 18 heavy (non-hydrogen) atoms. The Morgan fingerprint density at radius 2 is 2.22 bits per heavy atom. The summed E-state index contributed by atoms with van der Waals surface area (Å²) in [4.78, 5) is 10.5. The van der Waals surface area contributed by atoms with Gasteiger partial charge in [0, 0.05) is 24.4 Å². The van der Waals surface area contributed by atoms with Gasteiger partial charge >= 0.3 is 0 Å². The van der Waals surface area contributed by atoms with Crippen molar-refractivity contribution in [3.05, 3.63) is 57.9 Å². The number of rotatable bonds is 5. The monoisotopic (exact) mass is 246 g/mol. The van der Waals surface area contributed by atoms with E-state index < -0.39 is 0 Å². The molecule has 6 nitrogen and oxygen atoms in total. The van der Waals surface area contributed by atoms with Crippen molar-refractivity contribution in [3.8, 4) is 0 Å². The molecular weight excluding hydrogens is 232 g/mol. The molecule has 0 fully saturated rings. The van der Waals surface area contributed by atoms with Crippen molar-refractivity contribution in [2.24, 2.45) is 0 Å². The Balaban J connectivity index is 2.20. The molecule has 0 aliphatic rings. The predicted octanol–water partition coefficient (Wildman–Crippen LogP) is 1.56. The lowest BCUT2D eigenvalue weighted by atomic mass is 10.2. The summed E-state index contributed by atoms with van der Waals surface area (Å²) in [5.41, 5.74) is 1.83. The molecule has 1 aromatic carbocycles. The van der Waals surface area contributed by atoms with Crippen LogP contribution < -0.4 is 5.32 Å². The number of aromatic nitrogens is 2. The van der Waals surface area contributed by atoms with E-state index in [4.69, 9.17) is 0 Å². The number of para-hydroxylation sites is 1. The highest BCUT2D eigenvalue weighted by atomic mass is 16.6. The van der Waals surface area contributed by atoms with Crippen LogP contribution >= 0.6 is 0 Å². The van der Waals surface area contributed by atoms with E-state index in [0.29, 0.717) is 12.1 Å². The molecular formula is C12H14N4O2. The highest BCUT2D eigenvalue weighted by Gasteiger charge is 2.12. The average Bonchev–Trinajstić information content (AvgIpc) is 2.77. The Morgan fingerprint density at radius 1 is 1.44 bits per heavy atom. The molecule has 0 aliphatic carbocycles. The number of benzene rings is 1. The zero-order chi connectivity index (χ0) is 13.0. The summed E-state index contributed by atoms with van der Waals surface area (Å²) in [6.07, 6.45) is 3.64. The van der Waals surface area contributed by atoms with Gasteiger partial charge in [0.05, 0.1) is 23.2 Å². The van der Waals surface area contributed by atoms with Crippen molar-refractivity contribution in [2.45, 2.75) is 13.1 Å². The molecule has 2 rings (SSSR count). The third-order valence-corrected chi connectivity index (χ3v) is 2.59. The van der Waals surface area contributed by atoms with Crippen LogP contribution in [0.5, 0.6) is 0 Å². The molecule has 1 N–H and O–H groups in total. The first kappa shape index (κ1) is 12.3. The van der Waals surface area contributed by atoms with E-state index in [-0.39, 0.29) is 10.6 Å². The van der Waals surface area contributed by atoms with E-state index in [1.54, 1.807) is 29.1 Å². The summed E-state index contributed by atoms with van der Waals surface area (Å²) in [5.74, 6) is 0. The van der Waals surface area contributed by atoms with Gasteiger partial charge in [-0.1, -0.05) is 18.2 Å². The second kappa shape index (κ2) is 5.42. The zero-order valence-corrected chi connectivity index (χ0v) is 10.0. The molecule has 0 amide bonds. The van der Waals surface area contributed by atoms with Crippen LogP contribution in [-0.4, -0.2) is 21.8 Å². The van der Waals surface area contributed by atoms with E-state index in [1.165, 1.54) is 6.07 Å². The van der Waals surface area contributed by atoms with Crippen molar-refractivity contribution in [2.75, 3.05) is 7.05 Å². The maximum Gasteiger partial charge on any atom is 0.274 e. The topological polar surface area (TPSA) is 73.0 Å². The highest BCUT2D eigenvalue weighted by molar-refractivity contribution is 5.39. The third-order valence-electron chi connectivity index (χ3n) is 2.59. The van der Waals surface area contributed by atoms with E-state index in [9.17, 15) is 10.1 Å². The lowest BCUT2D eigenvalue weighted by Crippen LogP contribution is -2.05. The quantitative estimate of drug-likeness (QED) is 0.641. The summed E-state index contributed by atoms with van der Waals surface area (Å²) < 4.78 is 1.70. The van der Waals surface area contributed by atoms with E-state index >= 15 is 0 Å². The van der Waals surface area contributed by atoms with Crippen molar-refractivity contribution < 1.29 is 4.92 Å². The smallest absolute Gasteiger partial charge is 0.274 e. The Kier molecular flexibility index (Phi) is 3.69. The van der Waals surface area contributed by atoms with Crippen LogP contribution in [0.2, 0.25) is 0 Å². The molecule has 1 aromatic heterocycles. The SMILES string of the molecule is CNCc1cnn(Cc2ccccc2[N+](=O)[O-])c1. The molecule has 0 aliphatic heterocycles. The Labute approximate surface area is 104 Å². The van der Waals surface area contributed by atoms with Crippen molar-refractivity contribution in [1.29, 1.82) is 0 Å². The van der Waals surface area contributed by atoms with Crippen molar-refractivity contribution in [3.63, 3.8) is 0 Å². The molecule has 0 spiro atoms. The first-order chi connectivity index (χ1) is 8.70. The average molecular weight is 246 g/mol. The Bertz CT molecular complexity index is 551. The Hall–Kier alpha value is -2.21. The number of nitro benzene ring substituents is 1. The van der Waals surface area contributed by atoms with E-state index in [0.717, 1.165) is 12.1 Å². The van der Waals surface area contributed by atoms with Crippen LogP contribution in [0.3, 0.4) is 0 Å². The van der Waals surface area contributed by atoms with Gasteiger partial charge in [-0.05, 0) is 7.05 Å². The maximum absolute atomic E-state index is 10.9.